The Kier molecular flexibility index (Phi) is 8.42. The van der Waals surface area contributed by atoms with Crippen molar-refractivity contribution in [1.29, 1.82) is 0 Å². The summed E-state index contributed by atoms with van der Waals surface area (Å²) in [4.78, 5) is 38.8. The number of carbonyl (C=O) groups is 3. The number of aryl methyl sites for hydroxylation is 1. The van der Waals surface area contributed by atoms with Gasteiger partial charge in [-0.1, -0.05) is 30.3 Å². The highest BCUT2D eigenvalue weighted by Crippen LogP contribution is 2.36. The molecule has 0 saturated heterocycles. The third-order valence-electron chi connectivity index (χ3n) is 4.01. The molecular formula is C23H34O6. The largest absolute Gasteiger partial charge is 0.466 e. The molecule has 0 saturated carbocycles. The summed E-state index contributed by atoms with van der Waals surface area (Å²) in [5.74, 6) is -2.19. The van der Waals surface area contributed by atoms with Gasteiger partial charge in [-0.3, -0.25) is 14.4 Å². The Hall–Kier alpha value is -2.37. The second-order valence-electron chi connectivity index (χ2n) is 9.05. The van der Waals surface area contributed by atoms with Crippen LogP contribution in [0.4, 0.5) is 0 Å². The first kappa shape index (κ1) is 24.7. The molecular weight excluding hydrogens is 372 g/mol. The van der Waals surface area contributed by atoms with E-state index in [9.17, 15) is 14.4 Å². The first-order valence-electron chi connectivity index (χ1n) is 9.95. The van der Waals surface area contributed by atoms with Crippen molar-refractivity contribution < 1.29 is 28.6 Å². The van der Waals surface area contributed by atoms with Gasteiger partial charge in [0, 0.05) is 0 Å². The highest BCUT2D eigenvalue weighted by Gasteiger charge is 2.52. The van der Waals surface area contributed by atoms with Crippen LogP contribution in [-0.2, 0) is 35.0 Å². The minimum absolute atomic E-state index is 0.0691. The molecule has 0 aliphatic heterocycles. The molecule has 0 aliphatic rings. The zero-order valence-electron chi connectivity index (χ0n) is 18.7. The maximum Gasteiger partial charge on any atom is 0.324 e. The molecule has 1 aromatic rings. The predicted octanol–water partition coefficient (Wildman–Crippen LogP) is 4.24. The maximum atomic E-state index is 13.2. The number of benzene rings is 1. The SMILES string of the molecule is CCOC(=O)CC(CCc1ccccc1)(C(=O)OC(C)(C)C)C(=O)OC(C)(C)C. The predicted molar refractivity (Wildman–Crippen MR) is 110 cm³/mol. The molecule has 1 rings (SSSR count). The summed E-state index contributed by atoms with van der Waals surface area (Å²) in [6.45, 7) is 12.1. The molecule has 6 nitrogen and oxygen atoms in total. The van der Waals surface area contributed by atoms with Crippen molar-refractivity contribution in [3.8, 4) is 0 Å². The van der Waals surface area contributed by atoms with Crippen LogP contribution in [0.3, 0.4) is 0 Å². The lowest BCUT2D eigenvalue weighted by atomic mass is 9.78. The van der Waals surface area contributed by atoms with Gasteiger partial charge < -0.3 is 14.2 Å². The zero-order chi connectivity index (χ0) is 22.3. The van der Waals surface area contributed by atoms with Gasteiger partial charge in [-0.25, -0.2) is 0 Å². The van der Waals surface area contributed by atoms with Gasteiger partial charge in [-0.05, 0) is 66.9 Å². The fourth-order valence-electron chi connectivity index (χ4n) is 2.73. The molecule has 0 atom stereocenters. The average molecular weight is 407 g/mol. The number of hydrogen-bond donors (Lipinski definition) is 0. The molecule has 0 aliphatic carbocycles. The van der Waals surface area contributed by atoms with Gasteiger partial charge >= 0.3 is 17.9 Å². The van der Waals surface area contributed by atoms with E-state index >= 15 is 0 Å². The first-order chi connectivity index (χ1) is 13.3. The second-order valence-corrected chi connectivity index (χ2v) is 9.05. The first-order valence-corrected chi connectivity index (χ1v) is 9.95. The highest BCUT2D eigenvalue weighted by atomic mass is 16.6. The lowest BCUT2D eigenvalue weighted by Crippen LogP contribution is -2.48. The summed E-state index contributed by atoms with van der Waals surface area (Å²) < 4.78 is 16.2. The van der Waals surface area contributed by atoms with E-state index < -0.39 is 40.9 Å². The lowest BCUT2D eigenvalue weighted by molar-refractivity contribution is -0.189. The molecule has 0 aromatic heterocycles. The van der Waals surface area contributed by atoms with Crippen LogP contribution in [0.25, 0.3) is 0 Å². The van der Waals surface area contributed by atoms with E-state index in [0.29, 0.717) is 6.42 Å². The van der Waals surface area contributed by atoms with Crippen molar-refractivity contribution >= 4 is 17.9 Å². The minimum atomic E-state index is -1.79. The Morgan fingerprint density at radius 2 is 1.31 bits per heavy atom. The quantitative estimate of drug-likeness (QED) is 0.365. The van der Waals surface area contributed by atoms with Crippen LogP contribution < -0.4 is 0 Å². The maximum absolute atomic E-state index is 13.2. The van der Waals surface area contributed by atoms with Gasteiger partial charge in [0.15, 0.2) is 5.41 Å². The van der Waals surface area contributed by atoms with E-state index in [1.165, 1.54) is 0 Å². The monoisotopic (exact) mass is 406 g/mol. The van der Waals surface area contributed by atoms with E-state index in [1.54, 1.807) is 48.5 Å². The topological polar surface area (TPSA) is 78.9 Å². The van der Waals surface area contributed by atoms with Crippen LogP contribution in [0.15, 0.2) is 30.3 Å². The summed E-state index contributed by atoms with van der Waals surface area (Å²) in [5.41, 5.74) is -2.51. The van der Waals surface area contributed by atoms with E-state index in [0.717, 1.165) is 5.56 Å². The van der Waals surface area contributed by atoms with Crippen molar-refractivity contribution in [2.45, 2.75) is 78.9 Å². The molecule has 29 heavy (non-hydrogen) atoms. The van der Waals surface area contributed by atoms with Crippen LogP contribution in [0, 0.1) is 5.41 Å². The smallest absolute Gasteiger partial charge is 0.324 e. The van der Waals surface area contributed by atoms with E-state index in [4.69, 9.17) is 14.2 Å². The van der Waals surface area contributed by atoms with Crippen molar-refractivity contribution in [2.24, 2.45) is 5.41 Å². The van der Waals surface area contributed by atoms with Crippen LogP contribution >= 0.6 is 0 Å². The number of hydrogen-bond acceptors (Lipinski definition) is 6. The van der Waals surface area contributed by atoms with Gasteiger partial charge in [0.05, 0.1) is 13.0 Å². The zero-order valence-corrected chi connectivity index (χ0v) is 18.7. The molecule has 0 bridgehead atoms. The van der Waals surface area contributed by atoms with E-state index in [2.05, 4.69) is 0 Å². The lowest BCUT2D eigenvalue weighted by Gasteiger charge is -2.34. The summed E-state index contributed by atoms with van der Waals surface area (Å²) >= 11 is 0. The number of rotatable bonds is 8. The molecule has 0 amide bonds. The summed E-state index contributed by atoms with van der Waals surface area (Å²) in [7, 11) is 0. The number of ether oxygens (including phenoxy) is 3. The van der Waals surface area contributed by atoms with Crippen molar-refractivity contribution in [1.82, 2.24) is 0 Å². The molecule has 0 heterocycles. The molecule has 0 unspecified atom stereocenters. The van der Waals surface area contributed by atoms with Gasteiger partial charge in [-0.15, -0.1) is 0 Å². The molecule has 162 valence electrons. The van der Waals surface area contributed by atoms with E-state index in [-0.39, 0.29) is 13.0 Å². The fraction of sp³-hybridized carbons (Fsp3) is 0.609. The third-order valence-corrected chi connectivity index (χ3v) is 4.01. The fourth-order valence-corrected chi connectivity index (χ4v) is 2.73. The van der Waals surface area contributed by atoms with Crippen LogP contribution in [-0.4, -0.2) is 35.7 Å². The minimum Gasteiger partial charge on any atom is -0.466 e. The Balaban J connectivity index is 3.36. The Labute approximate surface area is 173 Å². The van der Waals surface area contributed by atoms with Crippen molar-refractivity contribution in [3.05, 3.63) is 35.9 Å². The van der Waals surface area contributed by atoms with Gasteiger partial charge in [0.1, 0.15) is 11.2 Å². The summed E-state index contributed by atoms with van der Waals surface area (Å²) in [6, 6.07) is 9.45. The average Bonchev–Trinajstić information content (AvgIpc) is 2.56. The number of carbonyl (C=O) groups excluding carboxylic acids is 3. The van der Waals surface area contributed by atoms with Gasteiger partial charge in [0.2, 0.25) is 0 Å². The molecule has 0 spiro atoms. The second kappa shape index (κ2) is 9.90. The standard InChI is InChI=1S/C23H34O6/c1-8-27-18(24)16-23(19(25)28-21(2,3)4,20(26)29-22(5,6)7)15-14-17-12-10-9-11-13-17/h9-13H,8,14-16H2,1-7H3. The van der Waals surface area contributed by atoms with Crippen molar-refractivity contribution in [3.63, 3.8) is 0 Å². The van der Waals surface area contributed by atoms with Crippen LogP contribution in [0.1, 0.15) is 66.9 Å². The van der Waals surface area contributed by atoms with Gasteiger partial charge in [0.25, 0.3) is 0 Å². The molecule has 0 radical (unpaired) electrons. The molecule has 1 aromatic carbocycles. The van der Waals surface area contributed by atoms with Crippen LogP contribution in [0.2, 0.25) is 0 Å². The molecule has 6 heteroatoms. The third kappa shape index (κ3) is 8.26. The Morgan fingerprint density at radius 1 is 0.828 bits per heavy atom. The van der Waals surface area contributed by atoms with Crippen LogP contribution in [0.5, 0.6) is 0 Å². The van der Waals surface area contributed by atoms with Crippen molar-refractivity contribution in [2.75, 3.05) is 6.61 Å². The van der Waals surface area contributed by atoms with Gasteiger partial charge in [-0.2, -0.15) is 0 Å². The normalized spacial score (nSPS) is 12.2. The molecule has 0 fully saturated rings. The highest BCUT2D eigenvalue weighted by molar-refractivity contribution is 6.03. The Morgan fingerprint density at radius 3 is 1.72 bits per heavy atom. The Bertz CT molecular complexity index is 666. The number of esters is 3. The van der Waals surface area contributed by atoms with E-state index in [1.807, 2.05) is 30.3 Å². The summed E-state index contributed by atoms with van der Waals surface area (Å²) in [5, 5.41) is 0. The summed E-state index contributed by atoms with van der Waals surface area (Å²) in [6.07, 6.45) is 0.0376. The molecule has 0 N–H and O–H groups in total.